The minimum absolute atomic E-state index is 0.0121. The van der Waals surface area contributed by atoms with Gasteiger partial charge in [-0.2, -0.15) is 4.31 Å². The number of nitrogens with one attached hydrogen (secondary N) is 1. The van der Waals surface area contributed by atoms with Gasteiger partial charge < -0.3 is 10.1 Å². The number of carbonyl (C=O) groups excluding carboxylic acids is 1. The Labute approximate surface area is 161 Å². The van der Waals surface area contributed by atoms with Crippen molar-refractivity contribution in [3.05, 3.63) is 53.1 Å². The van der Waals surface area contributed by atoms with Crippen LogP contribution in [-0.4, -0.2) is 38.8 Å². The van der Waals surface area contributed by atoms with Crippen LogP contribution in [0.2, 0.25) is 0 Å². The van der Waals surface area contributed by atoms with Gasteiger partial charge in [-0.3, -0.25) is 4.79 Å². The van der Waals surface area contributed by atoms with Crippen LogP contribution >= 0.6 is 0 Å². The lowest BCUT2D eigenvalue weighted by atomic mass is 10.1. The van der Waals surface area contributed by atoms with E-state index >= 15 is 0 Å². The van der Waals surface area contributed by atoms with Crippen LogP contribution < -0.4 is 10.1 Å². The molecule has 2 aromatic carbocycles. The number of hydrogen-bond acceptors (Lipinski definition) is 4. The topological polar surface area (TPSA) is 75.7 Å². The van der Waals surface area contributed by atoms with Crippen molar-refractivity contribution in [2.75, 3.05) is 25.5 Å². The van der Waals surface area contributed by atoms with Crippen molar-refractivity contribution in [3.8, 4) is 5.75 Å². The van der Waals surface area contributed by atoms with Crippen LogP contribution in [0.5, 0.6) is 5.75 Å². The highest BCUT2D eigenvalue weighted by Crippen LogP contribution is 2.28. The summed E-state index contributed by atoms with van der Waals surface area (Å²) in [5.41, 5.74) is 2.98. The maximum Gasteiger partial charge on any atom is 0.255 e. The van der Waals surface area contributed by atoms with E-state index in [1.165, 1.54) is 23.5 Å². The number of amides is 1. The molecule has 1 amide bonds. The molecule has 7 heteroatoms. The van der Waals surface area contributed by atoms with Crippen molar-refractivity contribution in [3.63, 3.8) is 0 Å². The second-order valence-corrected chi connectivity index (χ2v) is 8.13. The fourth-order valence-electron chi connectivity index (χ4n) is 2.87. The second kappa shape index (κ2) is 8.54. The number of aryl methyl sites for hydroxylation is 2. The number of ether oxygens (including phenoxy) is 1. The molecule has 0 saturated heterocycles. The lowest BCUT2D eigenvalue weighted by Crippen LogP contribution is -2.31. The van der Waals surface area contributed by atoms with Gasteiger partial charge in [0.15, 0.2) is 0 Å². The first-order valence-corrected chi connectivity index (χ1v) is 10.2. The molecule has 0 radical (unpaired) electrons. The molecule has 0 aliphatic carbocycles. The third kappa shape index (κ3) is 4.48. The second-order valence-electron chi connectivity index (χ2n) is 6.23. The highest BCUT2D eigenvalue weighted by Gasteiger charge is 2.26. The summed E-state index contributed by atoms with van der Waals surface area (Å²) in [4.78, 5) is 12.7. The van der Waals surface area contributed by atoms with Crippen molar-refractivity contribution in [2.24, 2.45) is 0 Å². The first kappa shape index (κ1) is 20.9. The average molecular weight is 391 g/mol. The largest absolute Gasteiger partial charge is 0.495 e. The van der Waals surface area contributed by atoms with Crippen LogP contribution in [0, 0.1) is 13.8 Å². The molecule has 0 unspecified atom stereocenters. The summed E-state index contributed by atoms with van der Waals surface area (Å²) >= 11 is 0. The Kier molecular flexibility index (Phi) is 6.62. The smallest absolute Gasteiger partial charge is 0.255 e. The first-order chi connectivity index (χ1) is 12.7. The van der Waals surface area contributed by atoms with Crippen LogP contribution in [0.25, 0.3) is 0 Å². The molecule has 146 valence electrons. The molecule has 0 fully saturated rings. The van der Waals surface area contributed by atoms with E-state index in [2.05, 4.69) is 5.32 Å². The molecule has 0 bridgehead atoms. The van der Waals surface area contributed by atoms with Gasteiger partial charge >= 0.3 is 0 Å². The number of nitrogens with zero attached hydrogens (tertiary/aromatic N) is 1. The van der Waals surface area contributed by atoms with E-state index in [0.717, 1.165) is 11.1 Å². The number of hydrogen-bond donors (Lipinski definition) is 1. The van der Waals surface area contributed by atoms with Crippen LogP contribution in [0.4, 0.5) is 5.69 Å². The van der Waals surface area contributed by atoms with E-state index in [0.29, 0.717) is 18.8 Å². The summed E-state index contributed by atoms with van der Waals surface area (Å²) < 4.78 is 32.4. The van der Waals surface area contributed by atoms with E-state index in [-0.39, 0.29) is 22.1 Å². The third-order valence-electron chi connectivity index (χ3n) is 4.38. The van der Waals surface area contributed by atoms with E-state index < -0.39 is 10.0 Å². The van der Waals surface area contributed by atoms with E-state index in [1.54, 1.807) is 19.9 Å². The summed E-state index contributed by atoms with van der Waals surface area (Å²) in [6.45, 7) is 8.09. The van der Waals surface area contributed by atoms with E-state index in [4.69, 9.17) is 4.74 Å². The van der Waals surface area contributed by atoms with Crippen LogP contribution in [0.1, 0.15) is 35.3 Å². The fraction of sp³-hybridized carbons (Fsp3) is 0.350. The van der Waals surface area contributed by atoms with Crippen LogP contribution in [0.3, 0.4) is 0 Å². The standard InChI is InChI=1S/C20H26N2O4S/c1-6-22(7-2)27(24,25)19-13-16(9-11-18(19)26-5)20(23)21-17-10-8-14(3)12-15(17)4/h8-13H,6-7H2,1-5H3,(H,21,23). The summed E-state index contributed by atoms with van der Waals surface area (Å²) in [7, 11) is -2.35. The Morgan fingerprint density at radius 1 is 1.07 bits per heavy atom. The molecule has 1 N–H and O–H groups in total. The highest BCUT2D eigenvalue weighted by molar-refractivity contribution is 7.89. The molecule has 2 aromatic rings. The monoisotopic (exact) mass is 390 g/mol. The maximum atomic E-state index is 12.9. The summed E-state index contributed by atoms with van der Waals surface area (Å²) in [6.07, 6.45) is 0. The summed E-state index contributed by atoms with van der Waals surface area (Å²) in [6, 6.07) is 10.1. The molecule has 0 atom stereocenters. The predicted molar refractivity (Wildman–Crippen MR) is 107 cm³/mol. The number of anilines is 1. The summed E-state index contributed by atoms with van der Waals surface area (Å²) in [5, 5.41) is 2.84. The highest BCUT2D eigenvalue weighted by atomic mass is 32.2. The molecule has 27 heavy (non-hydrogen) atoms. The molecule has 0 heterocycles. The molecular formula is C20H26N2O4S. The fourth-order valence-corrected chi connectivity index (χ4v) is 4.51. The molecule has 0 spiro atoms. The lowest BCUT2D eigenvalue weighted by Gasteiger charge is -2.20. The van der Waals surface area contributed by atoms with Crippen molar-refractivity contribution in [1.29, 1.82) is 0 Å². The van der Waals surface area contributed by atoms with E-state index in [1.807, 2.05) is 32.0 Å². The molecule has 0 aliphatic rings. The molecular weight excluding hydrogens is 364 g/mol. The van der Waals surface area contributed by atoms with Gasteiger partial charge in [0.1, 0.15) is 10.6 Å². The minimum atomic E-state index is -3.76. The van der Waals surface area contributed by atoms with Gasteiger partial charge in [-0.05, 0) is 43.7 Å². The van der Waals surface area contributed by atoms with Gasteiger partial charge in [-0.15, -0.1) is 0 Å². The van der Waals surface area contributed by atoms with Crippen molar-refractivity contribution >= 4 is 21.6 Å². The Morgan fingerprint density at radius 3 is 2.30 bits per heavy atom. The zero-order valence-corrected chi connectivity index (χ0v) is 17.2. The number of carbonyl (C=O) groups is 1. The maximum absolute atomic E-state index is 12.9. The van der Waals surface area contributed by atoms with Crippen LogP contribution in [-0.2, 0) is 10.0 Å². The van der Waals surface area contributed by atoms with Gasteiger partial charge in [-0.1, -0.05) is 31.5 Å². The van der Waals surface area contributed by atoms with Gasteiger partial charge in [0.25, 0.3) is 5.91 Å². The Balaban J connectivity index is 2.43. The molecule has 2 rings (SSSR count). The average Bonchev–Trinajstić information content (AvgIpc) is 2.64. The quantitative estimate of drug-likeness (QED) is 0.784. The molecule has 0 saturated carbocycles. The van der Waals surface area contributed by atoms with Gasteiger partial charge in [0.2, 0.25) is 10.0 Å². The number of methoxy groups -OCH3 is 1. The third-order valence-corrected chi connectivity index (χ3v) is 6.45. The number of benzene rings is 2. The van der Waals surface area contributed by atoms with Crippen molar-refractivity contribution < 1.29 is 17.9 Å². The van der Waals surface area contributed by atoms with Crippen molar-refractivity contribution in [2.45, 2.75) is 32.6 Å². The molecule has 0 aromatic heterocycles. The predicted octanol–water partition coefficient (Wildman–Crippen LogP) is 3.59. The Morgan fingerprint density at radius 2 is 1.74 bits per heavy atom. The van der Waals surface area contributed by atoms with Crippen LogP contribution in [0.15, 0.2) is 41.3 Å². The minimum Gasteiger partial charge on any atom is -0.495 e. The Bertz CT molecular complexity index is 935. The molecule has 6 nitrogen and oxygen atoms in total. The van der Waals surface area contributed by atoms with Gasteiger partial charge in [-0.25, -0.2) is 8.42 Å². The SMILES string of the molecule is CCN(CC)S(=O)(=O)c1cc(C(=O)Nc2ccc(C)cc2C)ccc1OC. The normalized spacial score (nSPS) is 11.5. The lowest BCUT2D eigenvalue weighted by molar-refractivity contribution is 0.102. The zero-order chi connectivity index (χ0) is 20.2. The first-order valence-electron chi connectivity index (χ1n) is 8.81. The van der Waals surface area contributed by atoms with Gasteiger partial charge in [0, 0.05) is 24.3 Å². The summed E-state index contributed by atoms with van der Waals surface area (Å²) in [5.74, 6) is -0.162. The van der Waals surface area contributed by atoms with Crippen molar-refractivity contribution in [1.82, 2.24) is 4.31 Å². The number of rotatable bonds is 7. The zero-order valence-electron chi connectivity index (χ0n) is 16.4. The van der Waals surface area contributed by atoms with E-state index in [9.17, 15) is 13.2 Å². The number of sulfonamides is 1. The van der Waals surface area contributed by atoms with Gasteiger partial charge in [0.05, 0.1) is 7.11 Å². The Hall–Kier alpha value is -2.38. The molecule has 0 aliphatic heterocycles.